The van der Waals surface area contributed by atoms with Crippen LogP contribution in [0.4, 0.5) is 0 Å². The number of nitrogens with one attached hydrogen (secondary N) is 1. The van der Waals surface area contributed by atoms with E-state index in [4.69, 9.17) is 15.0 Å². The van der Waals surface area contributed by atoms with Crippen LogP contribution in [0.3, 0.4) is 0 Å². The Morgan fingerprint density at radius 1 is 0.450 bits per heavy atom. The van der Waals surface area contributed by atoms with Gasteiger partial charge in [0.1, 0.15) is 5.84 Å². The summed E-state index contributed by atoms with van der Waals surface area (Å²) in [5.74, 6) is 1.57. The Hall–Kier alpha value is -7.17. The van der Waals surface area contributed by atoms with Crippen LogP contribution in [0.15, 0.2) is 199 Å². The molecule has 288 valence electrons. The van der Waals surface area contributed by atoms with Crippen molar-refractivity contribution >= 4 is 11.5 Å². The zero-order chi connectivity index (χ0) is 39.9. The fraction of sp³-hybridized carbons (Fsp3) is 0.125. The molecule has 1 unspecified atom stereocenters. The topological polar surface area (TPSA) is 50.2 Å². The Morgan fingerprint density at radius 2 is 1.03 bits per heavy atom. The van der Waals surface area contributed by atoms with Crippen molar-refractivity contribution in [1.82, 2.24) is 15.3 Å². The van der Waals surface area contributed by atoms with E-state index >= 15 is 0 Å². The summed E-state index contributed by atoms with van der Waals surface area (Å²) in [6, 6.07) is 66.9. The lowest BCUT2D eigenvalue weighted by molar-refractivity contribution is 0.353. The summed E-state index contributed by atoms with van der Waals surface area (Å²) < 4.78 is 0. The van der Waals surface area contributed by atoms with Gasteiger partial charge in [0.2, 0.25) is 0 Å². The average molecular weight is 773 g/mol. The van der Waals surface area contributed by atoms with E-state index < -0.39 is 0 Å². The van der Waals surface area contributed by atoms with E-state index in [1.807, 2.05) is 12.1 Å². The SMILES string of the molecule is C1=C(c2ccc(-c3ccccc3)cc2)NC(c2ccccc2)=NC1c1cccc(-c2cc(-c3cccc4c3-c3ccccc3C43CCCCC3)nc(-c3ccccc3)n2)c1. The maximum atomic E-state index is 5.36. The zero-order valence-electron chi connectivity index (χ0n) is 33.4. The second-order valence-corrected chi connectivity index (χ2v) is 16.3. The number of aromatic nitrogens is 2. The van der Waals surface area contributed by atoms with Gasteiger partial charge in [-0.2, -0.15) is 0 Å². The Balaban J connectivity index is 1.03. The molecule has 8 aromatic rings. The fourth-order valence-corrected chi connectivity index (χ4v) is 9.83. The van der Waals surface area contributed by atoms with Crippen LogP contribution in [-0.4, -0.2) is 15.8 Å². The van der Waals surface area contributed by atoms with Crippen molar-refractivity contribution in [2.45, 2.75) is 43.6 Å². The molecule has 4 heteroatoms. The molecule has 0 bridgehead atoms. The first-order valence-corrected chi connectivity index (χ1v) is 21.3. The summed E-state index contributed by atoms with van der Waals surface area (Å²) in [4.78, 5) is 16.0. The highest BCUT2D eigenvalue weighted by molar-refractivity contribution is 6.05. The lowest BCUT2D eigenvalue weighted by Gasteiger charge is -2.36. The number of rotatable bonds is 7. The van der Waals surface area contributed by atoms with Gasteiger partial charge >= 0.3 is 0 Å². The van der Waals surface area contributed by atoms with E-state index in [-0.39, 0.29) is 11.5 Å². The van der Waals surface area contributed by atoms with Crippen LogP contribution in [0.1, 0.15) is 66.0 Å². The highest BCUT2D eigenvalue weighted by Crippen LogP contribution is 2.57. The summed E-state index contributed by atoms with van der Waals surface area (Å²) >= 11 is 0. The molecule has 1 saturated carbocycles. The highest BCUT2D eigenvalue weighted by atomic mass is 15.0. The van der Waals surface area contributed by atoms with Crippen LogP contribution in [-0.2, 0) is 5.41 Å². The van der Waals surface area contributed by atoms with Crippen molar-refractivity contribution in [2.75, 3.05) is 0 Å². The molecular formula is C56H44N4. The van der Waals surface area contributed by atoms with Gasteiger partial charge in [-0.25, -0.2) is 9.97 Å². The number of hydrogen-bond donors (Lipinski definition) is 1. The molecule has 0 amide bonds. The molecule has 60 heavy (non-hydrogen) atoms. The number of amidine groups is 1. The fourth-order valence-electron chi connectivity index (χ4n) is 9.83. The minimum absolute atomic E-state index is 0.0664. The van der Waals surface area contributed by atoms with Gasteiger partial charge < -0.3 is 5.32 Å². The van der Waals surface area contributed by atoms with Crippen molar-refractivity contribution in [3.8, 4) is 56.2 Å². The Morgan fingerprint density at radius 3 is 1.80 bits per heavy atom. The van der Waals surface area contributed by atoms with Crippen LogP contribution < -0.4 is 5.32 Å². The molecule has 2 aliphatic carbocycles. The van der Waals surface area contributed by atoms with E-state index in [1.165, 1.54) is 71.0 Å². The van der Waals surface area contributed by atoms with Crippen molar-refractivity contribution in [3.63, 3.8) is 0 Å². The van der Waals surface area contributed by atoms with Gasteiger partial charge in [0.25, 0.3) is 0 Å². The average Bonchev–Trinajstić information content (AvgIpc) is 3.60. The highest BCUT2D eigenvalue weighted by Gasteiger charge is 2.44. The molecule has 1 fully saturated rings. The first kappa shape index (κ1) is 36.0. The third kappa shape index (κ3) is 6.46. The first-order valence-electron chi connectivity index (χ1n) is 21.3. The molecular weight excluding hydrogens is 729 g/mol. The Kier molecular flexibility index (Phi) is 9.11. The maximum absolute atomic E-state index is 5.36. The van der Waals surface area contributed by atoms with Gasteiger partial charge in [-0.05, 0) is 75.6 Å². The van der Waals surface area contributed by atoms with E-state index in [0.29, 0.717) is 0 Å². The number of hydrogen-bond acceptors (Lipinski definition) is 4. The second kappa shape index (κ2) is 15.2. The lowest BCUT2D eigenvalue weighted by atomic mass is 9.68. The minimum atomic E-state index is -0.222. The van der Waals surface area contributed by atoms with Gasteiger partial charge in [0.05, 0.1) is 17.4 Å². The zero-order valence-corrected chi connectivity index (χ0v) is 33.4. The van der Waals surface area contributed by atoms with Gasteiger partial charge in [-0.1, -0.05) is 195 Å². The molecule has 1 N–H and O–H groups in total. The number of aliphatic imine (C=N–C) groups is 1. The molecule has 0 radical (unpaired) electrons. The Bertz CT molecular complexity index is 2910. The third-order valence-electron chi connectivity index (χ3n) is 12.8. The molecule has 1 aliphatic heterocycles. The van der Waals surface area contributed by atoms with Crippen molar-refractivity contribution in [1.29, 1.82) is 0 Å². The van der Waals surface area contributed by atoms with Gasteiger partial charge in [-0.3, -0.25) is 4.99 Å². The molecule has 11 rings (SSSR count). The Labute approximate surface area is 352 Å². The summed E-state index contributed by atoms with van der Waals surface area (Å²) in [6.07, 6.45) is 8.46. The molecule has 4 nitrogen and oxygen atoms in total. The maximum Gasteiger partial charge on any atom is 0.160 e. The van der Waals surface area contributed by atoms with Crippen LogP contribution in [0, 0.1) is 0 Å². The molecule has 3 aliphatic rings. The summed E-state index contributed by atoms with van der Waals surface area (Å²) in [6.45, 7) is 0. The quantitative estimate of drug-likeness (QED) is 0.175. The monoisotopic (exact) mass is 772 g/mol. The van der Waals surface area contributed by atoms with E-state index in [0.717, 1.165) is 56.6 Å². The second-order valence-electron chi connectivity index (χ2n) is 16.3. The van der Waals surface area contributed by atoms with E-state index in [1.54, 1.807) is 0 Å². The van der Waals surface area contributed by atoms with Gasteiger partial charge in [-0.15, -0.1) is 0 Å². The van der Waals surface area contributed by atoms with Crippen molar-refractivity contribution in [3.05, 3.63) is 222 Å². The summed E-state index contributed by atoms with van der Waals surface area (Å²) in [7, 11) is 0. The van der Waals surface area contributed by atoms with Gasteiger partial charge in [0.15, 0.2) is 5.82 Å². The van der Waals surface area contributed by atoms with Crippen LogP contribution in [0.25, 0.3) is 61.9 Å². The lowest BCUT2D eigenvalue weighted by Crippen LogP contribution is -2.27. The van der Waals surface area contributed by atoms with Crippen molar-refractivity contribution < 1.29 is 0 Å². The van der Waals surface area contributed by atoms with Gasteiger partial charge in [0, 0.05) is 33.4 Å². The standard InChI is InChI=1S/C56H44N4/c1-5-17-38(18-6-1)39-29-31-40(32-30-39)49-36-50(58-54(57-49)41-19-7-2-8-20-41)43-23-15-24-44(35-43)51-37-52(60-55(59-51)42-21-9-3-10-22-42)46-26-16-28-48-53(46)45-25-11-12-27-47(45)56(48)33-13-4-14-34-56/h1-3,5-12,15-32,35-37,50H,4,13-14,33-34H2,(H,57,58). The predicted octanol–water partition coefficient (Wildman–Crippen LogP) is 13.5. The molecule has 1 spiro atoms. The normalized spacial score (nSPS) is 16.3. The number of fused-ring (bicyclic) bond motifs is 5. The summed E-state index contributed by atoms with van der Waals surface area (Å²) in [5, 5.41) is 3.68. The predicted molar refractivity (Wildman–Crippen MR) is 246 cm³/mol. The molecule has 0 saturated heterocycles. The first-order chi connectivity index (χ1) is 29.7. The smallest absolute Gasteiger partial charge is 0.160 e. The molecule has 7 aromatic carbocycles. The van der Waals surface area contributed by atoms with Crippen LogP contribution in [0.5, 0.6) is 0 Å². The van der Waals surface area contributed by atoms with E-state index in [2.05, 4.69) is 187 Å². The number of nitrogens with zero attached hydrogens (tertiary/aromatic N) is 3. The summed E-state index contributed by atoms with van der Waals surface area (Å²) in [5.41, 5.74) is 17.4. The molecule has 1 aromatic heterocycles. The van der Waals surface area contributed by atoms with Crippen molar-refractivity contribution in [2.24, 2.45) is 4.99 Å². The molecule has 1 atom stereocenters. The molecule has 2 heterocycles. The van der Waals surface area contributed by atoms with Crippen LogP contribution in [0.2, 0.25) is 0 Å². The largest absolute Gasteiger partial charge is 0.340 e. The minimum Gasteiger partial charge on any atom is -0.340 e. The van der Waals surface area contributed by atoms with Crippen LogP contribution >= 0.6 is 0 Å². The van der Waals surface area contributed by atoms with E-state index in [9.17, 15) is 0 Å². The number of benzene rings is 7. The third-order valence-corrected chi connectivity index (χ3v) is 12.8.